The average molecular weight is 291 g/mol. The molecule has 0 aromatic heterocycles. The van der Waals surface area contributed by atoms with E-state index in [9.17, 15) is 14.4 Å². The van der Waals surface area contributed by atoms with Gasteiger partial charge in [-0.05, 0) is 0 Å². The number of aliphatic hydroxyl groups is 1. The van der Waals surface area contributed by atoms with E-state index in [0.717, 1.165) is 4.90 Å². The summed E-state index contributed by atoms with van der Waals surface area (Å²) in [6, 6.07) is -1.89. The number of nitrogens with zero attached hydrogens (tertiary/aromatic N) is 1. The number of carboxylic acids is 1. The maximum absolute atomic E-state index is 11.7. The number of likely N-dealkylation sites (N-methyl/N-ethyl adjacent to an activating group) is 1. The highest BCUT2D eigenvalue weighted by molar-refractivity contribution is 5.86. The van der Waals surface area contributed by atoms with Crippen molar-refractivity contribution in [3.8, 4) is 0 Å². The average Bonchev–Trinajstić information content (AvgIpc) is 2.38. The lowest BCUT2D eigenvalue weighted by Gasteiger charge is -2.20. The van der Waals surface area contributed by atoms with Gasteiger partial charge in [0.15, 0.2) is 0 Å². The molecule has 0 bridgehead atoms. The van der Waals surface area contributed by atoms with Crippen molar-refractivity contribution in [1.82, 2.24) is 15.5 Å². The quantitative estimate of drug-likeness (QED) is 0.372. The van der Waals surface area contributed by atoms with E-state index in [1.165, 1.54) is 14.2 Å². The number of hydrogen-bond donors (Lipinski definition) is 4. The summed E-state index contributed by atoms with van der Waals surface area (Å²) in [5.74, 6) is -1.63. The Morgan fingerprint density at radius 1 is 1.35 bits per heavy atom. The summed E-state index contributed by atoms with van der Waals surface area (Å²) in [4.78, 5) is 35.0. The number of urea groups is 1. The summed E-state index contributed by atoms with van der Waals surface area (Å²) in [5.41, 5.74) is 0. The molecule has 0 saturated heterocycles. The first-order valence-corrected chi connectivity index (χ1v) is 6.03. The van der Waals surface area contributed by atoms with Crippen LogP contribution in [0.5, 0.6) is 0 Å². The molecule has 0 spiro atoms. The van der Waals surface area contributed by atoms with Crippen LogP contribution in [0.2, 0.25) is 0 Å². The van der Waals surface area contributed by atoms with Gasteiger partial charge in [0, 0.05) is 33.7 Å². The van der Waals surface area contributed by atoms with E-state index < -0.39 is 18.0 Å². The standard InChI is InChI=1S/C11H21N3O6/c1-14(7-9(16)12-4-6-20-2)11(19)13-8(3-5-15)10(17)18/h8,15H,3-7H2,1-2H3,(H,12,16)(H,13,19)(H,17,18). The van der Waals surface area contributed by atoms with E-state index in [4.69, 9.17) is 14.9 Å². The second-order valence-electron chi connectivity index (χ2n) is 4.05. The number of ether oxygens (including phenoxy) is 1. The molecule has 20 heavy (non-hydrogen) atoms. The Balaban J connectivity index is 4.19. The fourth-order valence-electron chi connectivity index (χ4n) is 1.28. The highest BCUT2D eigenvalue weighted by atomic mass is 16.5. The molecule has 0 saturated carbocycles. The number of nitrogens with one attached hydrogen (secondary N) is 2. The van der Waals surface area contributed by atoms with Gasteiger partial charge in [0.25, 0.3) is 0 Å². The number of carbonyl (C=O) groups excluding carboxylic acids is 2. The van der Waals surface area contributed by atoms with Crippen molar-refractivity contribution in [2.75, 3.05) is 40.5 Å². The molecule has 0 aliphatic carbocycles. The number of amides is 3. The Labute approximate surface area is 116 Å². The number of aliphatic carboxylic acids is 1. The summed E-state index contributed by atoms with van der Waals surface area (Å²) in [5, 5.41) is 22.3. The fourth-order valence-corrected chi connectivity index (χ4v) is 1.28. The zero-order valence-corrected chi connectivity index (χ0v) is 11.6. The third kappa shape index (κ3) is 7.54. The molecule has 0 aliphatic heterocycles. The molecule has 0 aromatic carbocycles. The van der Waals surface area contributed by atoms with E-state index in [2.05, 4.69) is 10.6 Å². The molecule has 0 aliphatic rings. The van der Waals surface area contributed by atoms with Gasteiger partial charge in [-0.25, -0.2) is 9.59 Å². The summed E-state index contributed by atoms with van der Waals surface area (Å²) in [6.45, 7) is 0.117. The molecule has 9 nitrogen and oxygen atoms in total. The molecule has 1 unspecified atom stereocenters. The topological polar surface area (TPSA) is 128 Å². The van der Waals surface area contributed by atoms with Gasteiger partial charge in [-0.2, -0.15) is 0 Å². The molecule has 0 heterocycles. The van der Waals surface area contributed by atoms with Crippen molar-refractivity contribution < 1.29 is 29.3 Å². The Morgan fingerprint density at radius 3 is 2.50 bits per heavy atom. The third-order valence-electron chi connectivity index (χ3n) is 2.37. The Kier molecular flexibility index (Phi) is 9.05. The van der Waals surface area contributed by atoms with Crippen LogP contribution in [0.3, 0.4) is 0 Å². The van der Waals surface area contributed by atoms with Crippen LogP contribution < -0.4 is 10.6 Å². The van der Waals surface area contributed by atoms with Crippen molar-refractivity contribution in [2.24, 2.45) is 0 Å². The lowest BCUT2D eigenvalue weighted by atomic mass is 10.2. The minimum atomic E-state index is -1.25. The van der Waals surface area contributed by atoms with Gasteiger partial charge in [0.05, 0.1) is 6.61 Å². The number of hydrogen-bond acceptors (Lipinski definition) is 5. The SMILES string of the molecule is COCCNC(=O)CN(C)C(=O)NC(CCO)C(=O)O. The fraction of sp³-hybridized carbons (Fsp3) is 0.727. The lowest BCUT2D eigenvalue weighted by molar-refractivity contribution is -0.139. The number of rotatable bonds is 9. The van der Waals surface area contributed by atoms with E-state index in [1.807, 2.05) is 0 Å². The number of aliphatic hydroxyl groups excluding tert-OH is 1. The lowest BCUT2D eigenvalue weighted by Crippen LogP contribution is -2.49. The molecule has 9 heteroatoms. The van der Waals surface area contributed by atoms with Crippen LogP contribution in [0.15, 0.2) is 0 Å². The summed E-state index contributed by atoms with van der Waals surface area (Å²) < 4.78 is 4.75. The molecule has 116 valence electrons. The third-order valence-corrected chi connectivity index (χ3v) is 2.37. The van der Waals surface area contributed by atoms with Crippen LogP contribution in [0.4, 0.5) is 4.79 Å². The van der Waals surface area contributed by atoms with Crippen LogP contribution in [0, 0.1) is 0 Å². The number of carboxylic acid groups (broad SMARTS) is 1. The van der Waals surface area contributed by atoms with Crippen LogP contribution >= 0.6 is 0 Å². The largest absolute Gasteiger partial charge is 0.480 e. The Hall–Kier alpha value is -1.87. The highest BCUT2D eigenvalue weighted by Crippen LogP contribution is 1.94. The second kappa shape index (κ2) is 9.98. The van der Waals surface area contributed by atoms with Crippen molar-refractivity contribution in [3.05, 3.63) is 0 Å². The normalized spacial score (nSPS) is 11.6. The summed E-state index contributed by atoms with van der Waals surface area (Å²) >= 11 is 0. The summed E-state index contributed by atoms with van der Waals surface area (Å²) in [6.07, 6.45) is -0.102. The highest BCUT2D eigenvalue weighted by Gasteiger charge is 2.21. The molecule has 0 fully saturated rings. The maximum atomic E-state index is 11.7. The van der Waals surface area contributed by atoms with Gasteiger partial charge in [-0.3, -0.25) is 4.79 Å². The molecule has 0 radical (unpaired) electrons. The first kappa shape index (κ1) is 18.1. The van der Waals surface area contributed by atoms with Crippen LogP contribution in [-0.4, -0.2) is 79.5 Å². The van der Waals surface area contributed by atoms with Crippen molar-refractivity contribution in [1.29, 1.82) is 0 Å². The van der Waals surface area contributed by atoms with Gasteiger partial charge >= 0.3 is 12.0 Å². The molecular weight excluding hydrogens is 270 g/mol. The van der Waals surface area contributed by atoms with Crippen LogP contribution in [0.25, 0.3) is 0 Å². The summed E-state index contributed by atoms with van der Waals surface area (Å²) in [7, 11) is 2.86. The first-order valence-electron chi connectivity index (χ1n) is 6.03. The molecule has 1 atom stereocenters. The minimum Gasteiger partial charge on any atom is -0.480 e. The van der Waals surface area contributed by atoms with Crippen molar-refractivity contribution >= 4 is 17.9 Å². The van der Waals surface area contributed by atoms with E-state index >= 15 is 0 Å². The van der Waals surface area contributed by atoms with E-state index in [0.29, 0.717) is 13.2 Å². The number of methoxy groups -OCH3 is 1. The van der Waals surface area contributed by atoms with Crippen LogP contribution in [0.1, 0.15) is 6.42 Å². The smallest absolute Gasteiger partial charge is 0.326 e. The second-order valence-corrected chi connectivity index (χ2v) is 4.05. The van der Waals surface area contributed by atoms with E-state index in [-0.39, 0.29) is 25.5 Å². The zero-order chi connectivity index (χ0) is 15.5. The predicted octanol–water partition coefficient (Wildman–Crippen LogP) is -1.77. The molecular formula is C11H21N3O6. The maximum Gasteiger partial charge on any atom is 0.326 e. The van der Waals surface area contributed by atoms with Gasteiger partial charge in [0.1, 0.15) is 12.6 Å². The molecule has 0 aromatic rings. The molecule has 3 amide bonds. The predicted molar refractivity (Wildman–Crippen MR) is 69.2 cm³/mol. The van der Waals surface area contributed by atoms with Crippen molar-refractivity contribution in [3.63, 3.8) is 0 Å². The van der Waals surface area contributed by atoms with Crippen molar-refractivity contribution in [2.45, 2.75) is 12.5 Å². The monoisotopic (exact) mass is 291 g/mol. The molecule has 0 rings (SSSR count). The Bertz CT molecular complexity index is 336. The number of carbonyl (C=O) groups is 3. The minimum absolute atomic E-state index is 0.102. The van der Waals surface area contributed by atoms with Crippen LogP contribution in [-0.2, 0) is 14.3 Å². The van der Waals surface area contributed by atoms with Gasteiger partial charge in [-0.1, -0.05) is 0 Å². The Morgan fingerprint density at radius 2 is 2.00 bits per heavy atom. The van der Waals surface area contributed by atoms with E-state index in [1.54, 1.807) is 0 Å². The van der Waals surface area contributed by atoms with Gasteiger partial charge in [0.2, 0.25) is 5.91 Å². The zero-order valence-electron chi connectivity index (χ0n) is 11.6. The molecule has 4 N–H and O–H groups in total. The van der Waals surface area contributed by atoms with Gasteiger partial charge in [-0.15, -0.1) is 0 Å². The van der Waals surface area contributed by atoms with Gasteiger partial charge < -0.3 is 30.5 Å². The first-order chi connectivity index (χ1) is 9.42.